The van der Waals surface area contributed by atoms with Crippen molar-refractivity contribution < 1.29 is 9.53 Å². The molecule has 0 spiro atoms. The first-order valence-electron chi connectivity index (χ1n) is 11.3. The smallest absolute Gasteiger partial charge is 0.407 e. The van der Waals surface area contributed by atoms with Crippen LogP contribution in [0, 0.1) is 0 Å². The zero-order valence-electron chi connectivity index (χ0n) is 18.3. The minimum Gasteiger partial charge on any atom is -0.446 e. The summed E-state index contributed by atoms with van der Waals surface area (Å²) in [6.45, 7) is 0.568. The van der Waals surface area contributed by atoms with Gasteiger partial charge in [-0.25, -0.2) is 4.79 Å². The van der Waals surface area contributed by atoms with E-state index in [0.717, 1.165) is 37.6 Å². The second-order valence-electron chi connectivity index (χ2n) is 8.15. The fraction of sp³-hybridized carbons (Fsp3) is 0.250. The van der Waals surface area contributed by atoms with Gasteiger partial charge in [0.1, 0.15) is 6.10 Å². The number of hydrogen-bond donors (Lipinski definition) is 2. The highest BCUT2D eigenvalue weighted by Gasteiger charge is 2.15. The van der Waals surface area contributed by atoms with E-state index in [0.29, 0.717) is 6.54 Å². The van der Waals surface area contributed by atoms with Gasteiger partial charge < -0.3 is 15.0 Å². The van der Waals surface area contributed by atoms with Crippen LogP contribution in [0.15, 0.2) is 91.1 Å². The molecule has 4 heteroatoms. The molecule has 4 rings (SSSR count). The third kappa shape index (κ3) is 6.48. The van der Waals surface area contributed by atoms with Crippen molar-refractivity contribution in [3.05, 3.63) is 108 Å². The Bertz CT molecular complexity index is 1110. The number of carbonyl (C=O) groups excluding carboxylic acids is 1. The summed E-state index contributed by atoms with van der Waals surface area (Å²) >= 11 is 0. The van der Waals surface area contributed by atoms with Crippen molar-refractivity contribution in [2.24, 2.45) is 0 Å². The number of benzene rings is 3. The Balaban J connectivity index is 1.32. The van der Waals surface area contributed by atoms with Crippen molar-refractivity contribution in [1.29, 1.82) is 0 Å². The molecule has 1 unspecified atom stereocenters. The first-order chi connectivity index (χ1) is 15.8. The number of fused-ring (bicyclic) bond motifs is 1. The first kappa shape index (κ1) is 21.7. The molecule has 0 aliphatic rings. The zero-order valence-corrected chi connectivity index (χ0v) is 18.3. The van der Waals surface area contributed by atoms with E-state index in [-0.39, 0.29) is 12.2 Å². The van der Waals surface area contributed by atoms with Crippen molar-refractivity contribution in [1.82, 2.24) is 10.3 Å². The van der Waals surface area contributed by atoms with Gasteiger partial charge >= 0.3 is 6.09 Å². The number of aryl methyl sites for hydroxylation is 2. The first-order valence-corrected chi connectivity index (χ1v) is 11.3. The summed E-state index contributed by atoms with van der Waals surface area (Å²) in [4.78, 5) is 15.7. The largest absolute Gasteiger partial charge is 0.446 e. The number of carbonyl (C=O) groups is 1. The molecule has 0 saturated carbocycles. The van der Waals surface area contributed by atoms with E-state index in [4.69, 9.17) is 4.74 Å². The van der Waals surface area contributed by atoms with Gasteiger partial charge in [-0.2, -0.15) is 0 Å². The highest BCUT2D eigenvalue weighted by atomic mass is 16.6. The molecule has 0 saturated heterocycles. The summed E-state index contributed by atoms with van der Waals surface area (Å²) in [6, 6.07) is 29.1. The van der Waals surface area contributed by atoms with Crippen LogP contribution in [0.5, 0.6) is 0 Å². The number of ether oxygens (including phenoxy) is 1. The summed E-state index contributed by atoms with van der Waals surface area (Å²) in [6.07, 6.45) is 5.66. The van der Waals surface area contributed by atoms with Crippen LogP contribution in [0.3, 0.4) is 0 Å². The van der Waals surface area contributed by atoms with E-state index in [2.05, 4.69) is 58.8 Å². The normalized spacial score (nSPS) is 11.9. The molecule has 0 aliphatic heterocycles. The van der Waals surface area contributed by atoms with Crippen molar-refractivity contribution in [3.63, 3.8) is 0 Å². The highest BCUT2D eigenvalue weighted by molar-refractivity contribution is 5.79. The number of aromatic amines is 1. The molecular weight excluding hydrogens is 396 g/mol. The second-order valence-corrected chi connectivity index (χ2v) is 8.15. The molecule has 4 aromatic rings. The molecule has 1 atom stereocenters. The topological polar surface area (TPSA) is 54.1 Å². The maximum atomic E-state index is 12.5. The number of alkyl carbamates (subject to hydrolysis) is 1. The molecule has 3 aromatic carbocycles. The summed E-state index contributed by atoms with van der Waals surface area (Å²) < 4.78 is 5.85. The van der Waals surface area contributed by atoms with Crippen LogP contribution < -0.4 is 5.32 Å². The van der Waals surface area contributed by atoms with Crippen LogP contribution >= 0.6 is 0 Å². The van der Waals surface area contributed by atoms with Gasteiger partial charge in [-0.3, -0.25) is 0 Å². The van der Waals surface area contributed by atoms with Crippen molar-refractivity contribution in [2.75, 3.05) is 6.54 Å². The lowest BCUT2D eigenvalue weighted by Crippen LogP contribution is -2.31. The minimum absolute atomic E-state index is 0.131. The number of amides is 1. The second kappa shape index (κ2) is 11.2. The standard InChI is InChI=1S/C28H30N2O2/c31-28(30-19-17-23-9-5-2-6-10-23)32-26(14-11-22-7-3-1-4-8-22)15-12-24-13-16-27-25(21-24)18-20-29-27/h1-10,13,16,18,20-21,26,29H,11-12,14-15,17,19H2,(H,30,31). The van der Waals surface area contributed by atoms with Gasteiger partial charge in [0.15, 0.2) is 0 Å². The van der Waals surface area contributed by atoms with Crippen LogP contribution in [0.2, 0.25) is 0 Å². The molecular formula is C28H30N2O2. The molecule has 1 heterocycles. The number of rotatable bonds is 10. The summed E-state index contributed by atoms with van der Waals surface area (Å²) in [7, 11) is 0. The number of hydrogen-bond acceptors (Lipinski definition) is 2. The average Bonchev–Trinajstić information content (AvgIpc) is 3.30. The predicted molar refractivity (Wildman–Crippen MR) is 130 cm³/mol. The van der Waals surface area contributed by atoms with Crippen molar-refractivity contribution >= 4 is 17.0 Å². The molecule has 32 heavy (non-hydrogen) atoms. The third-order valence-electron chi connectivity index (χ3n) is 5.77. The fourth-order valence-electron chi connectivity index (χ4n) is 3.97. The van der Waals surface area contributed by atoms with Crippen LogP contribution in [0.1, 0.15) is 29.5 Å². The van der Waals surface area contributed by atoms with Gasteiger partial charge in [0, 0.05) is 18.3 Å². The monoisotopic (exact) mass is 426 g/mol. The molecule has 2 N–H and O–H groups in total. The lowest BCUT2D eigenvalue weighted by atomic mass is 10.0. The molecule has 0 aliphatic carbocycles. The fourth-order valence-corrected chi connectivity index (χ4v) is 3.97. The maximum Gasteiger partial charge on any atom is 0.407 e. The number of H-pyrrole nitrogens is 1. The average molecular weight is 427 g/mol. The summed E-state index contributed by atoms with van der Waals surface area (Å²) in [5.74, 6) is 0. The van der Waals surface area contributed by atoms with Crippen molar-refractivity contribution in [3.8, 4) is 0 Å². The van der Waals surface area contributed by atoms with E-state index < -0.39 is 0 Å². The van der Waals surface area contributed by atoms with Crippen LogP contribution in [0.25, 0.3) is 10.9 Å². The van der Waals surface area contributed by atoms with Gasteiger partial charge in [0.25, 0.3) is 0 Å². The van der Waals surface area contributed by atoms with Crippen molar-refractivity contribution in [2.45, 2.75) is 38.2 Å². The minimum atomic E-state index is -0.333. The predicted octanol–water partition coefficient (Wildman–Crippen LogP) is 6.07. The van der Waals surface area contributed by atoms with Gasteiger partial charge in [-0.05, 0) is 72.4 Å². The molecule has 164 valence electrons. The van der Waals surface area contributed by atoms with Crippen LogP contribution in [-0.2, 0) is 24.0 Å². The van der Waals surface area contributed by atoms with Gasteiger partial charge in [-0.1, -0.05) is 66.7 Å². The molecule has 4 nitrogen and oxygen atoms in total. The zero-order chi connectivity index (χ0) is 22.0. The Morgan fingerprint density at radius 1 is 0.781 bits per heavy atom. The molecule has 1 amide bonds. The van der Waals surface area contributed by atoms with E-state index in [1.165, 1.54) is 22.1 Å². The molecule has 1 aromatic heterocycles. The Hall–Kier alpha value is -3.53. The van der Waals surface area contributed by atoms with E-state index in [9.17, 15) is 4.79 Å². The van der Waals surface area contributed by atoms with Crippen LogP contribution in [-0.4, -0.2) is 23.7 Å². The summed E-state index contributed by atoms with van der Waals surface area (Å²) in [5, 5.41) is 4.12. The molecule has 0 fully saturated rings. The quantitative estimate of drug-likeness (QED) is 0.323. The maximum absolute atomic E-state index is 12.5. The van der Waals surface area contributed by atoms with E-state index in [1.54, 1.807) is 0 Å². The number of nitrogens with one attached hydrogen (secondary N) is 2. The Kier molecular flexibility index (Phi) is 7.59. The third-order valence-corrected chi connectivity index (χ3v) is 5.77. The highest BCUT2D eigenvalue weighted by Crippen LogP contribution is 2.18. The molecule has 0 bridgehead atoms. The van der Waals surface area contributed by atoms with E-state index >= 15 is 0 Å². The molecule has 0 radical (unpaired) electrons. The Labute approximate surface area is 189 Å². The van der Waals surface area contributed by atoms with Gasteiger partial charge in [0.05, 0.1) is 0 Å². The lowest BCUT2D eigenvalue weighted by Gasteiger charge is -2.19. The van der Waals surface area contributed by atoms with Gasteiger partial charge in [0.2, 0.25) is 0 Å². The summed E-state index contributed by atoms with van der Waals surface area (Å²) in [5.41, 5.74) is 4.87. The van der Waals surface area contributed by atoms with E-state index in [1.807, 2.05) is 42.6 Å². The Morgan fingerprint density at radius 3 is 2.16 bits per heavy atom. The Morgan fingerprint density at radius 2 is 1.44 bits per heavy atom. The van der Waals surface area contributed by atoms with Crippen LogP contribution in [0.4, 0.5) is 4.79 Å². The number of aromatic nitrogens is 1. The SMILES string of the molecule is O=C(NCCc1ccccc1)OC(CCc1ccccc1)CCc1ccc2[nH]ccc2c1. The lowest BCUT2D eigenvalue weighted by molar-refractivity contribution is 0.0879. The van der Waals surface area contributed by atoms with Gasteiger partial charge in [-0.15, -0.1) is 0 Å².